The number of aryl methyl sites for hydroxylation is 1. The Morgan fingerprint density at radius 2 is 2.00 bits per heavy atom. The van der Waals surface area contributed by atoms with E-state index in [4.69, 9.17) is 4.74 Å². The predicted octanol–water partition coefficient (Wildman–Crippen LogP) is 0.956. The summed E-state index contributed by atoms with van der Waals surface area (Å²) in [6.45, 7) is 3.97. The molecule has 3 rings (SSSR count). The number of amides is 1. The van der Waals surface area contributed by atoms with E-state index in [1.165, 1.54) is 23.9 Å². The molecule has 188 valence electrons. The van der Waals surface area contributed by atoms with Crippen LogP contribution in [-0.2, 0) is 28.3 Å². The molecule has 0 bridgehead atoms. The van der Waals surface area contributed by atoms with Crippen molar-refractivity contribution >= 4 is 21.6 Å². The van der Waals surface area contributed by atoms with Crippen LogP contribution in [0, 0.1) is 5.92 Å². The molecule has 0 saturated heterocycles. The van der Waals surface area contributed by atoms with Gasteiger partial charge >= 0.3 is 0 Å². The highest BCUT2D eigenvalue weighted by molar-refractivity contribution is 7.89. The summed E-state index contributed by atoms with van der Waals surface area (Å²) in [5, 5.41) is 9.72. The fourth-order valence-electron chi connectivity index (χ4n) is 3.95. The maximum atomic E-state index is 13.2. The van der Waals surface area contributed by atoms with Crippen molar-refractivity contribution in [2.45, 2.75) is 37.4 Å². The van der Waals surface area contributed by atoms with Crippen LogP contribution < -0.4 is 9.64 Å². The Labute approximate surface area is 201 Å². The highest BCUT2D eigenvalue weighted by Crippen LogP contribution is 2.30. The molecule has 0 fully saturated rings. The van der Waals surface area contributed by atoms with E-state index in [-0.39, 0.29) is 42.5 Å². The number of sulfonamides is 1. The molecular formula is C23H35N5O5S. The largest absolute Gasteiger partial charge is 0.488 e. The maximum Gasteiger partial charge on any atom is 0.261 e. The average molecular weight is 494 g/mol. The van der Waals surface area contributed by atoms with Crippen molar-refractivity contribution in [1.82, 2.24) is 18.8 Å². The van der Waals surface area contributed by atoms with Crippen molar-refractivity contribution in [3.8, 4) is 5.75 Å². The molecule has 34 heavy (non-hydrogen) atoms. The number of ether oxygens (including phenoxy) is 1. The summed E-state index contributed by atoms with van der Waals surface area (Å²) in [5.41, 5.74) is 1.65. The molecule has 0 aliphatic carbocycles. The first-order valence-corrected chi connectivity index (χ1v) is 12.7. The summed E-state index contributed by atoms with van der Waals surface area (Å²) >= 11 is 0. The second kappa shape index (κ2) is 10.3. The van der Waals surface area contributed by atoms with Gasteiger partial charge in [0.25, 0.3) is 10.0 Å². The Bertz CT molecular complexity index is 1120. The summed E-state index contributed by atoms with van der Waals surface area (Å²) < 4.78 is 35.4. The minimum Gasteiger partial charge on any atom is -0.488 e. The molecule has 1 aromatic heterocycles. The fraction of sp³-hybridized carbons (Fsp3) is 0.565. The third-order valence-corrected chi connectivity index (χ3v) is 7.92. The molecule has 0 unspecified atom stereocenters. The van der Waals surface area contributed by atoms with Crippen molar-refractivity contribution in [2.24, 2.45) is 13.0 Å². The van der Waals surface area contributed by atoms with E-state index in [1.807, 2.05) is 44.1 Å². The first kappa shape index (κ1) is 26.0. The summed E-state index contributed by atoms with van der Waals surface area (Å²) in [4.78, 5) is 20.8. The number of likely N-dealkylation sites (N-methyl/N-ethyl adjacent to an activating group) is 1. The van der Waals surface area contributed by atoms with Gasteiger partial charge in [-0.2, -0.15) is 4.31 Å². The normalized spacial score (nSPS) is 20.2. The Kier molecular flexibility index (Phi) is 7.89. The van der Waals surface area contributed by atoms with Crippen molar-refractivity contribution < 1.29 is 23.1 Å². The molecule has 1 amide bonds. The lowest BCUT2D eigenvalue weighted by Crippen LogP contribution is -2.48. The van der Waals surface area contributed by atoms with Gasteiger partial charge in [-0.3, -0.25) is 4.79 Å². The SMILES string of the molecule is C[C@H](CO)N1C[C@H](C)[C@H](CN(C)S(=O)(=O)c2cn(C)cn2)Oc2ccc(N(C)C)cc2CC1=O. The van der Waals surface area contributed by atoms with Crippen LogP contribution in [0.1, 0.15) is 19.4 Å². The smallest absolute Gasteiger partial charge is 0.261 e. The standard InChI is InChI=1S/C23H35N5O5S/c1-16-11-28(17(2)14-29)23(30)10-18-9-19(25(3)4)7-8-20(18)33-21(16)12-27(6)34(31,32)22-13-26(5)15-24-22/h7-9,13,15-17,21,29H,10-12,14H2,1-6H3/t16-,17+,21-/m0/s1. The van der Waals surface area contributed by atoms with Gasteiger partial charge in [0.2, 0.25) is 5.91 Å². The summed E-state index contributed by atoms with van der Waals surface area (Å²) in [6, 6.07) is 5.28. The van der Waals surface area contributed by atoms with E-state index in [0.29, 0.717) is 12.3 Å². The summed E-state index contributed by atoms with van der Waals surface area (Å²) in [6.07, 6.45) is 2.49. The van der Waals surface area contributed by atoms with Gasteiger partial charge in [0.1, 0.15) is 11.9 Å². The van der Waals surface area contributed by atoms with Crippen LogP contribution in [0.3, 0.4) is 0 Å². The highest BCUT2D eigenvalue weighted by atomic mass is 32.2. The maximum absolute atomic E-state index is 13.2. The number of carbonyl (C=O) groups excluding carboxylic acids is 1. The Morgan fingerprint density at radius 3 is 2.59 bits per heavy atom. The van der Waals surface area contributed by atoms with Gasteiger partial charge in [0.15, 0.2) is 5.03 Å². The zero-order chi connectivity index (χ0) is 25.2. The van der Waals surface area contributed by atoms with Crippen LogP contribution in [-0.4, -0.2) is 91.2 Å². The monoisotopic (exact) mass is 493 g/mol. The third-order valence-electron chi connectivity index (χ3n) is 6.21. The zero-order valence-corrected chi connectivity index (χ0v) is 21.5. The van der Waals surface area contributed by atoms with E-state index in [0.717, 1.165) is 11.3 Å². The van der Waals surface area contributed by atoms with Crippen molar-refractivity contribution in [1.29, 1.82) is 0 Å². The van der Waals surface area contributed by atoms with Crippen LogP contribution in [0.4, 0.5) is 5.69 Å². The van der Waals surface area contributed by atoms with Crippen molar-refractivity contribution in [3.05, 3.63) is 36.3 Å². The van der Waals surface area contributed by atoms with Gasteiger partial charge in [-0.1, -0.05) is 6.92 Å². The van der Waals surface area contributed by atoms with Gasteiger partial charge in [0.05, 0.1) is 31.9 Å². The van der Waals surface area contributed by atoms with Crippen LogP contribution in [0.15, 0.2) is 35.7 Å². The number of nitrogens with zero attached hydrogens (tertiary/aromatic N) is 5. The van der Waals surface area contributed by atoms with Crippen molar-refractivity contribution in [3.63, 3.8) is 0 Å². The number of benzene rings is 1. The average Bonchev–Trinajstić information content (AvgIpc) is 3.24. The Hall–Kier alpha value is -2.63. The number of imidazole rings is 1. The lowest BCUT2D eigenvalue weighted by Gasteiger charge is -2.33. The lowest BCUT2D eigenvalue weighted by molar-refractivity contribution is -0.134. The number of aliphatic hydroxyl groups is 1. The Morgan fingerprint density at radius 1 is 1.29 bits per heavy atom. The Balaban J connectivity index is 1.98. The molecule has 2 heterocycles. The van der Waals surface area contributed by atoms with Crippen LogP contribution in [0.5, 0.6) is 5.75 Å². The fourth-order valence-corrected chi connectivity index (χ4v) is 5.09. The lowest BCUT2D eigenvalue weighted by atomic mass is 10.0. The van der Waals surface area contributed by atoms with E-state index in [1.54, 1.807) is 23.4 Å². The van der Waals surface area contributed by atoms with E-state index in [9.17, 15) is 18.3 Å². The van der Waals surface area contributed by atoms with Gasteiger partial charge in [0, 0.05) is 58.1 Å². The molecule has 1 aliphatic heterocycles. The number of aliphatic hydroxyl groups excluding tert-OH is 1. The topological polar surface area (TPSA) is 108 Å². The molecule has 0 spiro atoms. The highest BCUT2D eigenvalue weighted by Gasteiger charge is 2.34. The summed E-state index contributed by atoms with van der Waals surface area (Å²) in [7, 11) is 3.23. The molecule has 3 atom stereocenters. The van der Waals surface area contributed by atoms with E-state index < -0.39 is 16.1 Å². The van der Waals surface area contributed by atoms with Gasteiger partial charge in [-0.05, 0) is 25.1 Å². The minimum absolute atomic E-state index is 0.0325. The molecule has 10 nitrogen and oxygen atoms in total. The molecule has 0 radical (unpaired) electrons. The third kappa shape index (κ3) is 5.53. The second-order valence-corrected chi connectivity index (χ2v) is 11.2. The number of hydrogen-bond acceptors (Lipinski definition) is 7. The number of fused-ring (bicyclic) bond motifs is 1. The van der Waals surface area contributed by atoms with Crippen LogP contribution in [0.2, 0.25) is 0 Å². The molecule has 1 N–H and O–H groups in total. The number of carbonyl (C=O) groups is 1. The van der Waals surface area contributed by atoms with E-state index >= 15 is 0 Å². The molecule has 0 saturated carbocycles. The molecule has 1 aromatic carbocycles. The minimum atomic E-state index is -3.82. The van der Waals surface area contributed by atoms with Gasteiger partial charge < -0.3 is 24.2 Å². The number of anilines is 1. The number of rotatable bonds is 7. The number of hydrogen-bond donors (Lipinski definition) is 1. The zero-order valence-electron chi connectivity index (χ0n) is 20.7. The number of aromatic nitrogens is 2. The summed E-state index contributed by atoms with van der Waals surface area (Å²) in [5.74, 6) is 0.237. The van der Waals surface area contributed by atoms with Gasteiger partial charge in [-0.25, -0.2) is 13.4 Å². The first-order chi connectivity index (χ1) is 15.9. The van der Waals surface area contributed by atoms with Crippen LogP contribution in [0.25, 0.3) is 0 Å². The molecule has 2 aromatic rings. The van der Waals surface area contributed by atoms with Gasteiger partial charge in [-0.15, -0.1) is 0 Å². The van der Waals surface area contributed by atoms with Crippen LogP contribution >= 0.6 is 0 Å². The molecule has 1 aliphatic rings. The van der Waals surface area contributed by atoms with Crippen molar-refractivity contribution in [2.75, 3.05) is 45.7 Å². The quantitative estimate of drug-likeness (QED) is 0.612. The molecular weight excluding hydrogens is 458 g/mol. The first-order valence-electron chi connectivity index (χ1n) is 11.3. The molecule has 11 heteroatoms. The second-order valence-electron chi connectivity index (χ2n) is 9.24. The predicted molar refractivity (Wildman–Crippen MR) is 129 cm³/mol. The van der Waals surface area contributed by atoms with E-state index in [2.05, 4.69) is 4.98 Å².